The Bertz CT molecular complexity index is 404. The zero-order valence-electron chi connectivity index (χ0n) is 12.0. The van der Waals surface area contributed by atoms with Crippen molar-refractivity contribution in [3.05, 3.63) is 24.3 Å². The summed E-state index contributed by atoms with van der Waals surface area (Å²) in [6.07, 6.45) is 0. The molecule has 1 aromatic rings. The van der Waals surface area contributed by atoms with Gasteiger partial charge in [-0.3, -0.25) is 0 Å². The minimum Gasteiger partial charge on any atom is -0.497 e. The fourth-order valence-corrected chi connectivity index (χ4v) is 2.28. The van der Waals surface area contributed by atoms with Crippen LogP contribution in [0.25, 0.3) is 0 Å². The molecule has 4 nitrogen and oxygen atoms in total. The van der Waals surface area contributed by atoms with Gasteiger partial charge in [0.25, 0.3) is 0 Å². The quantitative estimate of drug-likeness (QED) is 0.755. The number of nitrogens with zero attached hydrogens (tertiary/aromatic N) is 1. The summed E-state index contributed by atoms with van der Waals surface area (Å²) in [7, 11) is 3.78. The third-order valence-corrected chi connectivity index (χ3v) is 3.34. The molecule has 0 aliphatic carbocycles. The van der Waals surface area contributed by atoms with Crippen LogP contribution in [0.4, 0.5) is 0 Å². The van der Waals surface area contributed by atoms with E-state index in [2.05, 4.69) is 18.9 Å². The molecule has 1 saturated heterocycles. The molecule has 0 bridgehead atoms. The molecule has 0 atom stereocenters. The Morgan fingerprint density at radius 2 is 2.05 bits per heavy atom. The van der Waals surface area contributed by atoms with E-state index in [4.69, 9.17) is 14.2 Å². The van der Waals surface area contributed by atoms with E-state index in [9.17, 15) is 0 Å². The van der Waals surface area contributed by atoms with Crippen LogP contribution in [0.2, 0.25) is 0 Å². The summed E-state index contributed by atoms with van der Waals surface area (Å²) in [5.74, 6) is 1.68. The molecule has 0 spiro atoms. The van der Waals surface area contributed by atoms with Crippen molar-refractivity contribution in [2.45, 2.75) is 6.92 Å². The highest BCUT2D eigenvalue weighted by atomic mass is 16.5. The molecule has 0 amide bonds. The maximum Gasteiger partial charge on any atom is 0.123 e. The zero-order chi connectivity index (χ0) is 13.7. The number of benzene rings is 1. The number of rotatable bonds is 7. The number of methoxy groups -OCH3 is 1. The summed E-state index contributed by atoms with van der Waals surface area (Å²) in [4.78, 5) is 2.29. The van der Waals surface area contributed by atoms with Crippen molar-refractivity contribution >= 4 is 0 Å². The minimum atomic E-state index is 0.324. The van der Waals surface area contributed by atoms with Gasteiger partial charge in [0, 0.05) is 24.6 Å². The summed E-state index contributed by atoms with van der Waals surface area (Å²) in [6.45, 7) is 6.64. The largest absolute Gasteiger partial charge is 0.497 e. The lowest BCUT2D eigenvalue weighted by Crippen LogP contribution is -2.48. The van der Waals surface area contributed by atoms with Crippen molar-refractivity contribution < 1.29 is 14.2 Å². The molecule has 1 fully saturated rings. The van der Waals surface area contributed by atoms with Crippen LogP contribution in [-0.2, 0) is 4.74 Å². The van der Waals surface area contributed by atoms with Crippen molar-refractivity contribution in [2.24, 2.45) is 5.41 Å². The maximum atomic E-state index is 5.73. The normalized spacial score (nSPS) is 17.1. The molecule has 1 aliphatic heterocycles. The summed E-state index contributed by atoms with van der Waals surface area (Å²) in [6, 6.07) is 7.70. The van der Waals surface area contributed by atoms with Gasteiger partial charge in [-0.1, -0.05) is 13.0 Å². The minimum absolute atomic E-state index is 0.324. The topological polar surface area (TPSA) is 30.9 Å². The fraction of sp³-hybridized carbons (Fsp3) is 0.600. The number of hydrogen-bond donors (Lipinski definition) is 0. The first kappa shape index (κ1) is 14.2. The van der Waals surface area contributed by atoms with Crippen LogP contribution in [-0.4, -0.2) is 52.0 Å². The smallest absolute Gasteiger partial charge is 0.123 e. The molecule has 0 radical (unpaired) electrons. The standard InChI is InChI=1S/C15H23NO3/c1-15(11-18-12-15)10-16(2)7-8-19-14-6-4-5-13(9-14)17-3/h4-6,9H,7-8,10-12H2,1-3H3. The second-order valence-electron chi connectivity index (χ2n) is 5.57. The summed E-state index contributed by atoms with van der Waals surface area (Å²) >= 11 is 0. The van der Waals surface area contributed by atoms with Crippen LogP contribution in [0.1, 0.15) is 6.92 Å². The third-order valence-electron chi connectivity index (χ3n) is 3.34. The van der Waals surface area contributed by atoms with Gasteiger partial charge in [-0.05, 0) is 19.2 Å². The molecular weight excluding hydrogens is 242 g/mol. The summed E-state index contributed by atoms with van der Waals surface area (Å²) in [5.41, 5.74) is 0.324. The predicted molar refractivity (Wildman–Crippen MR) is 74.9 cm³/mol. The van der Waals surface area contributed by atoms with Crippen molar-refractivity contribution in [2.75, 3.05) is 47.1 Å². The number of hydrogen-bond acceptors (Lipinski definition) is 4. The number of likely N-dealkylation sites (N-methyl/N-ethyl adjacent to an activating group) is 1. The van der Waals surface area contributed by atoms with Crippen LogP contribution in [0.3, 0.4) is 0 Å². The molecular formula is C15H23NO3. The first-order chi connectivity index (χ1) is 9.11. The molecule has 19 heavy (non-hydrogen) atoms. The van der Waals surface area contributed by atoms with Crippen molar-refractivity contribution in [3.8, 4) is 11.5 Å². The Labute approximate surface area is 115 Å². The molecule has 4 heteroatoms. The monoisotopic (exact) mass is 265 g/mol. The first-order valence-corrected chi connectivity index (χ1v) is 6.64. The maximum absolute atomic E-state index is 5.73. The van der Waals surface area contributed by atoms with Crippen LogP contribution in [0.15, 0.2) is 24.3 Å². The van der Waals surface area contributed by atoms with Gasteiger partial charge >= 0.3 is 0 Å². The van der Waals surface area contributed by atoms with Crippen molar-refractivity contribution in [1.29, 1.82) is 0 Å². The molecule has 0 N–H and O–H groups in total. The molecule has 1 heterocycles. The highest BCUT2D eigenvalue weighted by molar-refractivity contribution is 5.32. The second kappa shape index (κ2) is 6.26. The number of ether oxygens (including phenoxy) is 3. The Morgan fingerprint density at radius 3 is 2.68 bits per heavy atom. The van der Waals surface area contributed by atoms with Gasteiger partial charge in [0.15, 0.2) is 0 Å². The van der Waals surface area contributed by atoms with Crippen LogP contribution < -0.4 is 9.47 Å². The van der Waals surface area contributed by atoms with E-state index in [1.54, 1.807) is 7.11 Å². The molecule has 0 unspecified atom stereocenters. The molecule has 106 valence electrons. The van der Waals surface area contributed by atoms with Crippen molar-refractivity contribution in [1.82, 2.24) is 4.90 Å². The van der Waals surface area contributed by atoms with Gasteiger partial charge in [-0.25, -0.2) is 0 Å². The summed E-state index contributed by atoms with van der Waals surface area (Å²) < 4.78 is 16.2. The van der Waals surface area contributed by atoms with E-state index in [1.165, 1.54) is 0 Å². The Hall–Kier alpha value is -1.26. The average Bonchev–Trinajstić information content (AvgIpc) is 2.37. The Morgan fingerprint density at radius 1 is 1.32 bits per heavy atom. The lowest BCUT2D eigenvalue weighted by atomic mass is 9.88. The van der Waals surface area contributed by atoms with E-state index < -0.39 is 0 Å². The van der Waals surface area contributed by atoms with Crippen LogP contribution in [0, 0.1) is 5.41 Å². The first-order valence-electron chi connectivity index (χ1n) is 6.64. The van der Waals surface area contributed by atoms with Gasteiger partial charge in [0.1, 0.15) is 18.1 Å². The SMILES string of the molecule is COc1cccc(OCCN(C)CC2(C)COC2)c1. The molecule has 1 aromatic carbocycles. The summed E-state index contributed by atoms with van der Waals surface area (Å²) in [5, 5.41) is 0. The second-order valence-corrected chi connectivity index (χ2v) is 5.57. The van der Waals surface area contributed by atoms with Gasteiger partial charge in [0.05, 0.1) is 20.3 Å². The Kier molecular flexibility index (Phi) is 4.66. The van der Waals surface area contributed by atoms with Gasteiger partial charge < -0.3 is 19.1 Å². The Balaban J connectivity index is 1.70. The van der Waals surface area contributed by atoms with Crippen LogP contribution in [0.5, 0.6) is 11.5 Å². The highest BCUT2D eigenvalue weighted by Crippen LogP contribution is 2.27. The third kappa shape index (κ3) is 4.11. The van der Waals surface area contributed by atoms with E-state index in [-0.39, 0.29) is 0 Å². The highest BCUT2D eigenvalue weighted by Gasteiger charge is 2.34. The fourth-order valence-electron chi connectivity index (χ4n) is 2.28. The van der Waals surface area contributed by atoms with E-state index in [0.717, 1.165) is 37.8 Å². The van der Waals surface area contributed by atoms with E-state index >= 15 is 0 Å². The molecule has 0 saturated carbocycles. The van der Waals surface area contributed by atoms with Crippen molar-refractivity contribution in [3.63, 3.8) is 0 Å². The van der Waals surface area contributed by atoms with Gasteiger partial charge in [-0.15, -0.1) is 0 Å². The van der Waals surface area contributed by atoms with E-state index in [1.807, 2.05) is 24.3 Å². The van der Waals surface area contributed by atoms with Crippen LogP contribution >= 0.6 is 0 Å². The lowest BCUT2D eigenvalue weighted by molar-refractivity contribution is -0.113. The van der Waals surface area contributed by atoms with Gasteiger partial charge in [-0.2, -0.15) is 0 Å². The zero-order valence-corrected chi connectivity index (χ0v) is 12.0. The lowest BCUT2D eigenvalue weighted by Gasteiger charge is -2.40. The molecule has 0 aromatic heterocycles. The molecule has 2 rings (SSSR count). The predicted octanol–water partition coefficient (Wildman–Crippen LogP) is 2.04. The average molecular weight is 265 g/mol. The van der Waals surface area contributed by atoms with E-state index in [0.29, 0.717) is 12.0 Å². The molecule has 1 aliphatic rings. The van der Waals surface area contributed by atoms with Gasteiger partial charge in [0.2, 0.25) is 0 Å².